The molecule has 1 amide bonds. The van der Waals surface area contributed by atoms with Crippen molar-refractivity contribution in [1.29, 1.82) is 0 Å². The standard InChI is InChI=1S/C19H18ClN3O2/c1-21-9-12-2-4-13(5-3-12)10-23-19(25)16-11-22-17-7-6-14(20)8-15(17)18(16)24/h2-8,11,21H,9-10H2,1H3,(H,22,24)(H,23,25). The van der Waals surface area contributed by atoms with Crippen LogP contribution in [0.25, 0.3) is 10.9 Å². The lowest BCUT2D eigenvalue weighted by Crippen LogP contribution is -2.28. The third-order valence-corrected chi connectivity index (χ3v) is 4.18. The van der Waals surface area contributed by atoms with Crippen LogP contribution in [0.2, 0.25) is 5.02 Å². The molecule has 3 rings (SSSR count). The molecule has 1 aromatic heterocycles. The molecule has 128 valence electrons. The lowest BCUT2D eigenvalue weighted by atomic mass is 10.1. The van der Waals surface area contributed by atoms with Gasteiger partial charge in [-0.2, -0.15) is 0 Å². The van der Waals surface area contributed by atoms with E-state index in [2.05, 4.69) is 15.6 Å². The summed E-state index contributed by atoms with van der Waals surface area (Å²) in [6, 6.07) is 12.9. The van der Waals surface area contributed by atoms with E-state index in [1.165, 1.54) is 11.8 Å². The second kappa shape index (κ2) is 7.51. The second-order valence-electron chi connectivity index (χ2n) is 5.75. The second-order valence-corrected chi connectivity index (χ2v) is 6.19. The SMILES string of the molecule is CNCc1ccc(CNC(=O)c2c[nH]c3ccc(Cl)cc3c2=O)cc1. The zero-order valence-corrected chi connectivity index (χ0v) is 14.5. The Bertz CT molecular complexity index is 965. The number of aromatic amines is 1. The molecule has 0 saturated carbocycles. The van der Waals surface area contributed by atoms with Gasteiger partial charge in [0.1, 0.15) is 5.56 Å². The summed E-state index contributed by atoms with van der Waals surface area (Å²) in [7, 11) is 1.89. The molecule has 0 saturated heterocycles. The molecule has 0 bridgehead atoms. The van der Waals surface area contributed by atoms with Crippen LogP contribution in [0.5, 0.6) is 0 Å². The molecule has 0 aliphatic carbocycles. The molecule has 25 heavy (non-hydrogen) atoms. The van der Waals surface area contributed by atoms with Gasteiger partial charge in [0.2, 0.25) is 5.43 Å². The van der Waals surface area contributed by atoms with Gasteiger partial charge < -0.3 is 15.6 Å². The number of carbonyl (C=O) groups is 1. The van der Waals surface area contributed by atoms with E-state index in [-0.39, 0.29) is 11.0 Å². The average Bonchev–Trinajstić information content (AvgIpc) is 2.62. The first-order chi connectivity index (χ1) is 12.1. The van der Waals surface area contributed by atoms with Crippen molar-refractivity contribution in [2.24, 2.45) is 0 Å². The Kier molecular flexibility index (Phi) is 5.16. The predicted octanol–water partition coefficient (Wildman–Crippen LogP) is 2.83. The highest BCUT2D eigenvalue weighted by atomic mass is 35.5. The molecule has 2 aromatic carbocycles. The Morgan fingerprint density at radius 1 is 1.08 bits per heavy atom. The maximum atomic E-state index is 12.5. The third kappa shape index (κ3) is 3.90. The molecule has 0 atom stereocenters. The molecule has 0 aliphatic rings. The zero-order valence-electron chi connectivity index (χ0n) is 13.7. The summed E-state index contributed by atoms with van der Waals surface area (Å²) in [6.07, 6.45) is 1.43. The summed E-state index contributed by atoms with van der Waals surface area (Å²) >= 11 is 5.94. The minimum atomic E-state index is -0.414. The Balaban J connectivity index is 1.76. The summed E-state index contributed by atoms with van der Waals surface area (Å²) < 4.78 is 0. The summed E-state index contributed by atoms with van der Waals surface area (Å²) in [5.41, 5.74) is 2.51. The van der Waals surface area contributed by atoms with Crippen LogP contribution in [0.3, 0.4) is 0 Å². The van der Waals surface area contributed by atoms with Gasteiger partial charge in [0, 0.05) is 35.2 Å². The Hall–Kier alpha value is -2.63. The summed E-state index contributed by atoms with van der Waals surface area (Å²) in [4.78, 5) is 27.8. The fraction of sp³-hybridized carbons (Fsp3) is 0.158. The number of halogens is 1. The van der Waals surface area contributed by atoms with Crippen molar-refractivity contribution in [2.45, 2.75) is 13.1 Å². The van der Waals surface area contributed by atoms with E-state index in [1.807, 2.05) is 31.3 Å². The van der Waals surface area contributed by atoms with Gasteiger partial charge >= 0.3 is 0 Å². The Morgan fingerprint density at radius 3 is 2.44 bits per heavy atom. The van der Waals surface area contributed by atoms with Gasteiger partial charge in [-0.3, -0.25) is 9.59 Å². The maximum Gasteiger partial charge on any atom is 0.257 e. The monoisotopic (exact) mass is 355 g/mol. The highest BCUT2D eigenvalue weighted by Gasteiger charge is 2.13. The first kappa shape index (κ1) is 17.2. The summed E-state index contributed by atoms with van der Waals surface area (Å²) in [5, 5.41) is 6.72. The number of rotatable bonds is 5. The van der Waals surface area contributed by atoms with Crippen LogP contribution >= 0.6 is 11.6 Å². The average molecular weight is 356 g/mol. The normalized spacial score (nSPS) is 10.8. The van der Waals surface area contributed by atoms with Crippen molar-refractivity contribution in [2.75, 3.05) is 7.05 Å². The van der Waals surface area contributed by atoms with E-state index < -0.39 is 5.91 Å². The van der Waals surface area contributed by atoms with Crippen LogP contribution in [0.1, 0.15) is 21.5 Å². The van der Waals surface area contributed by atoms with Gasteiger partial charge in [0.25, 0.3) is 5.91 Å². The number of fused-ring (bicyclic) bond motifs is 1. The highest BCUT2D eigenvalue weighted by molar-refractivity contribution is 6.31. The molecule has 1 heterocycles. The lowest BCUT2D eigenvalue weighted by molar-refractivity contribution is 0.0949. The van der Waals surface area contributed by atoms with E-state index in [0.29, 0.717) is 22.5 Å². The predicted molar refractivity (Wildman–Crippen MR) is 100.0 cm³/mol. The van der Waals surface area contributed by atoms with E-state index in [4.69, 9.17) is 11.6 Å². The zero-order chi connectivity index (χ0) is 17.8. The molecular formula is C19H18ClN3O2. The van der Waals surface area contributed by atoms with Crippen LogP contribution in [0.15, 0.2) is 53.5 Å². The molecule has 3 N–H and O–H groups in total. The number of pyridine rings is 1. The molecule has 5 nitrogen and oxygen atoms in total. The molecule has 0 fully saturated rings. The number of benzene rings is 2. The van der Waals surface area contributed by atoms with Gasteiger partial charge in [-0.05, 0) is 36.4 Å². The fourth-order valence-corrected chi connectivity index (χ4v) is 2.79. The molecule has 0 unspecified atom stereocenters. The molecule has 3 aromatic rings. The molecule has 6 heteroatoms. The minimum Gasteiger partial charge on any atom is -0.360 e. The summed E-state index contributed by atoms with van der Waals surface area (Å²) in [6.45, 7) is 1.15. The number of aromatic nitrogens is 1. The number of amides is 1. The van der Waals surface area contributed by atoms with Crippen LogP contribution in [-0.2, 0) is 13.1 Å². The number of hydrogen-bond acceptors (Lipinski definition) is 3. The van der Waals surface area contributed by atoms with Crippen LogP contribution < -0.4 is 16.1 Å². The van der Waals surface area contributed by atoms with Crippen molar-refractivity contribution < 1.29 is 4.79 Å². The van der Waals surface area contributed by atoms with E-state index in [1.54, 1.807) is 18.2 Å². The number of H-pyrrole nitrogens is 1. The minimum absolute atomic E-state index is 0.0709. The molecule has 0 aliphatic heterocycles. The van der Waals surface area contributed by atoms with Gasteiger partial charge in [-0.25, -0.2) is 0 Å². The quantitative estimate of drug-likeness (QED) is 0.659. The first-order valence-corrected chi connectivity index (χ1v) is 8.28. The van der Waals surface area contributed by atoms with Gasteiger partial charge in [0.15, 0.2) is 0 Å². The van der Waals surface area contributed by atoms with E-state index in [0.717, 1.165) is 12.1 Å². The fourth-order valence-electron chi connectivity index (χ4n) is 2.62. The smallest absolute Gasteiger partial charge is 0.257 e. The number of carbonyl (C=O) groups excluding carboxylic acids is 1. The van der Waals surface area contributed by atoms with Crippen molar-refractivity contribution in [1.82, 2.24) is 15.6 Å². The third-order valence-electron chi connectivity index (χ3n) is 3.94. The van der Waals surface area contributed by atoms with E-state index in [9.17, 15) is 9.59 Å². The van der Waals surface area contributed by atoms with Gasteiger partial charge in [-0.15, -0.1) is 0 Å². The van der Waals surface area contributed by atoms with Crippen molar-refractivity contribution >= 4 is 28.4 Å². The van der Waals surface area contributed by atoms with Crippen molar-refractivity contribution in [3.63, 3.8) is 0 Å². The van der Waals surface area contributed by atoms with Crippen LogP contribution in [0, 0.1) is 0 Å². The number of nitrogens with one attached hydrogen (secondary N) is 3. The topological polar surface area (TPSA) is 74.0 Å². The molecular weight excluding hydrogens is 338 g/mol. The van der Waals surface area contributed by atoms with Crippen molar-refractivity contribution in [3.8, 4) is 0 Å². The molecule has 0 spiro atoms. The van der Waals surface area contributed by atoms with Gasteiger partial charge in [0.05, 0.1) is 0 Å². The van der Waals surface area contributed by atoms with Crippen molar-refractivity contribution in [3.05, 3.63) is 80.6 Å². The Morgan fingerprint density at radius 2 is 1.76 bits per heavy atom. The van der Waals surface area contributed by atoms with Crippen LogP contribution in [0.4, 0.5) is 0 Å². The lowest BCUT2D eigenvalue weighted by Gasteiger charge is -2.07. The summed E-state index contributed by atoms with van der Waals surface area (Å²) in [5.74, 6) is -0.414. The largest absolute Gasteiger partial charge is 0.360 e. The number of hydrogen-bond donors (Lipinski definition) is 3. The molecule has 0 radical (unpaired) electrons. The highest BCUT2D eigenvalue weighted by Crippen LogP contribution is 2.15. The van der Waals surface area contributed by atoms with Crippen LogP contribution in [-0.4, -0.2) is 17.9 Å². The first-order valence-electron chi connectivity index (χ1n) is 7.90. The van der Waals surface area contributed by atoms with Gasteiger partial charge in [-0.1, -0.05) is 35.9 Å². The Labute approximate surface area is 150 Å². The maximum absolute atomic E-state index is 12.5. The van der Waals surface area contributed by atoms with E-state index >= 15 is 0 Å².